The van der Waals surface area contributed by atoms with Gasteiger partial charge in [0.25, 0.3) is 6.43 Å². The first-order valence-electron chi connectivity index (χ1n) is 7.41. The van der Waals surface area contributed by atoms with Crippen LogP contribution in [0.1, 0.15) is 12.1 Å². The Morgan fingerprint density at radius 1 is 1.04 bits per heavy atom. The van der Waals surface area contributed by atoms with Gasteiger partial charge >= 0.3 is 0 Å². The molecule has 1 heterocycles. The first-order valence-corrected chi connectivity index (χ1v) is 10.1. The highest BCUT2D eigenvalue weighted by atomic mass is 35.5. The predicted molar refractivity (Wildman–Crippen MR) is 97.0 cm³/mol. The van der Waals surface area contributed by atoms with Gasteiger partial charge in [0.2, 0.25) is 0 Å². The number of alkyl halides is 2. The third-order valence-corrected chi connectivity index (χ3v) is 5.24. The molecule has 0 spiro atoms. The highest BCUT2D eigenvalue weighted by Gasteiger charge is 2.20. The van der Waals surface area contributed by atoms with E-state index < -0.39 is 32.7 Å². The molecule has 1 aromatic heterocycles. The lowest BCUT2D eigenvalue weighted by atomic mass is 10.1. The molecule has 3 rings (SSSR count). The molecule has 3 aromatic rings. The summed E-state index contributed by atoms with van der Waals surface area (Å²) in [6.07, 6.45) is -1.99. The Morgan fingerprint density at radius 2 is 1.67 bits per heavy atom. The predicted octanol–water partition coefficient (Wildman–Crippen LogP) is 5.33. The van der Waals surface area contributed by atoms with Crippen LogP contribution in [0.3, 0.4) is 0 Å². The molecule has 0 aliphatic rings. The Balaban J connectivity index is 2.22. The van der Waals surface area contributed by atoms with E-state index in [2.05, 4.69) is 5.10 Å². The standard InChI is InChI=1S/C17H11Cl2F3N2O2S/c1-27(25,26)16-3-2-12(7-13(16)20)24-15(8-14(23-24)17(21)22)9-4-10(18)6-11(19)5-9/h2-8,17H,1H3. The van der Waals surface area contributed by atoms with Crippen LogP contribution < -0.4 is 0 Å². The monoisotopic (exact) mass is 434 g/mol. The molecule has 0 bridgehead atoms. The molecule has 2 aromatic carbocycles. The zero-order valence-electron chi connectivity index (χ0n) is 13.6. The molecule has 142 valence electrons. The van der Waals surface area contributed by atoms with E-state index in [1.165, 1.54) is 24.3 Å². The Morgan fingerprint density at radius 3 is 2.19 bits per heavy atom. The van der Waals surface area contributed by atoms with Crippen molar-refractivity contribution in [1.29, 1.82) is 0 Å². The van der Waals surface area contributed by atoms with Gasteiger partial charge in [-0.2, -0.15) is 5.10 Å². The van der Waals surface area contributed by atoms with Gasteiger partial charge in [-0.25, -0.2) is 26.3 Å². The number of sulfone groups is 1. The van der Waals surface area contributed by atoms with Gasteiger partial charge in [-0.05, 0) is 36.4 Å². The summed E-state index contributed by atoms with van der Waals surface area (Å²) in [5.41, 5.74) is 0.118. The Labute approximate surface area is 163 Å². The summed E-state index contributed by atoms with van der Waals surface area (Å²) >= 11 is 11.9. The fourth-order valence-electron chi connectivity index (χ4n) is 2.53. The number of aromatic nitrogens is 2. The van der Waals surface area contributed by atoms with E-state index in [-0.39, 0.29) is 21.4 Å². The zero-order chi connectivity index (χ0) is 19.9. The largest absolute Gasteiger partial charge is 0.282 e. The highest BCUT2D eigenvalue weighted by molar-refractivity contribution is 7.90. The fraction of sp³-hybridized carbons (Fsp3) is 0.118. The molecular weight excluding hydrogens is 424 g/mol. The summed E-state index contributed by atoms with van der Waals surface area (Å²) in [5.74, 6) is -1.01. The zero-order valence-corrected chi connectivity index (χ0v) is 16.0. The summed E-state index contributed by atoms with van der Waals surface area (Å²) in [6.45, 7) is 0. The number of rotatable bonds is 4. The molecule has 0 saturated carbocycles. The molecule has 0 aliphatic carbocycles. The van der Waals surface area contributed by atoms with Crippen LogP contribution in [0.4, 0.5) is 13.2 Å². The van der Waals surface area contributed by atoms with E-state index in [1.807, 2.05) is 0 Å². The minimum Gasteiger partial charge on any atom is -0.233 e. The molecule has 0 amide bonds. The lowest BCUT2D eigenvalue weighted by Crippen LogP contribution is -2.05. The third kappa shape index (κ3) is 4.12. The molecule has 0 aliphatic heterocycles. The van der Waals surface area contributed by atoms with Crippen LogP contribution in [-0.2, 0) is 9.84 Å². The first-order chi connectivity index (χ1) is 12.6. The lowest BCUT2D eigenvalue weighted by molar-refractivity contribution is 0.145. The van der Waals surface area contributed by atoms with Gasteiger partial charge < -0.3 is 0 Å². The van der Waals surface area contributed by atoms with Crippen LogP contribution in [0.2, 0.25) is 10.0 Å². The van der Waals surface area contributed by atoms with Crippen LogP contribution >= 0.6 is 23.2 Å². The maximum atomic E-state index is 14.2. The van der Waals surface area contributed by atoms with E-state index in [9.17, 15) is 21.6 Å². The average molecular weight is 435 g/mol. The number of nitrogens with zero attached hydrogens (tertiary/aromatic N) is 2. The number of benzene rings is 2. The van der Waals surface area contributed by atoms with Crippen molar-refractivity contribution in [3.05, 3.63) is 64.0 Å². The highest BCUT2D eigenvalue weighted by Crippen LogP contribution is 2.32. The van der Waals surface area contributed by atoms with E-state index in [4.69, 9.17) is 23.2 Å². The normalized spacial score (nSPS) is 12.0. The minimum absolute atomic E-state index is 0.0675. The van der Waals surface area contributed by atoms with Crippen LogP contribution in [0.15, 0.2) is 47.4 Å². The molecule has 0 saturated heterocycles. The molecule has 27 heavy (non-hydrogen) atoms. The second kappa shape index (κ2) is 7.18. The van der Waals surface area contributed by atoms with Crippen LogP contribution in [-0.4, -0.2) is 24.5 Å². The summed E-state index contributed by atoms with van der Waals surface area (Å²) in [5, 5.41) is 4.37. The fourth-order valence-corrected chi connectivity index (χ4v) is 3.79. The van der Waals surface area contributed by atoms with Gasteiger partial charge in [-0.3, -0.25) is 0 Å². The van der Waals surface area contributed by atoms with Gasteiger partial charge in [-0.15, -0.1) is 0 Å². The second-order valence-electron chi connectivity index (χ2n) is 5.71. The topological polar surface area (TPSA) is 52.0 Å². The Bertz CT molecular complexity index is 1110. The third-order valence-electron chi connectivity index (χ3n) is 3.67. The van der Waals surface area contributed by atoms with E-state index in [1.54, 1.807) is 0 Å². The molecule has 4 nitrogen and oxygen atoms in total. The van der Waals surface area contributed by atoms with Gasteiger partial charge in [0.1, 0.15) is 16.4 Å². The van der Waals surface area contributed by atoms with Crippen LogP contribution in [0.5, 0.6) is 0 Å². The van der Waals surface area contributed by atoms with E-state index in [0.29, 0.717) is 5.56 Å². The van der Waals surface area contributed by atoms with Crippen molar-refractivity contribution in [2.24, 2.45) is 0 Å². The molecule has 0 fully saturated rings. The van der Waals surface area contributed by atoms with Crippen molar-refractivity contribution >= 4 is 33.0 Å². The summed E-state index contributed by atoms with van der Waals surface area (Å²) in [7, 11) is -3.77. The van der Waals surface area contributed by atoms with Gasteiger partial charge in [0, 0.05) is 27.9 Å². The smallest absolute Gasteiger partial charge is 0.233 e. The maximum Gasteiger partial charge on any atom is 0.282 e. The average Bonchev–Trinajstić information content (AvgIpc) is 2.98. The van der Waals surface area contributed by atoms with Gasteiger partial charge in [-0.1, -0.05) is 23.2 Å². The van der Waals surface area contributed by atoms with Crippen molar-refractivity contribution in [3.63, 3.8) is 0 Å². The lowest BCUT2D eigenvalue weighted by Gasteiger charge is -2.10. The van der Waals surface area contributed by atoms with Crippen LogP contribution in [0.25, 0.3) is 16.9 Å². The number of hydrogen-bond donors (Lipinski definition) is 0. The molecule has 0 radical (unpaired) electrons. The van der Waals surface area contributed by atoms with Gasteiger partial charge in [0.15, 0.2) is 9.84 Å². The summed E-state index contributed by atoms with van der Waals surface area (Å²) in [4.78, 5) is -0.500. The first kappa shape index (κ1) is 19.7. The van der Waals surface area contributed by atoms with Crippen molar-refractivity contribution in [3.8, 4) is 16.9 Å². The molecule has 0 N–H and O–H groups in total. The van der Waals surface area contributed by atoms with E-state index >= 15 is 0 Å². The molecule has 10 heteroatoms. The SMILES string of the molecule is CS(=O)(=O)c1ccc(-n2nc(C(F)F)cc2-c2cc(Cl)cc(Cl)c2)cc1F. The minimum atomic E-state index is -3.77. The van der Waals surface area contributed by atoms with Crippen molar-refractivity contribution in [2.75, 3.05) is 6.26 Å². The summed E-state index contributed by atoms with van der Waals surface area (Å²) in [6, 6.07) is 8.84. The van der Waals surface area contributed by atoms with Crippen molar-refractivity contribution in [2.45, 2.75) is 11.3 Å². The Kier molecular flexibility index (Phi) is 5.24. The molecule has 0 unspecified atom stereocenters. The number of hydrogen-bond acceptors (Lipinski definition) is 3. The van der Waals surface area contributed by atoms with Crippen LogP contribution in [0, 0.1) is 5.82 Å². The molecule has 0 atom stereocenters. The quantitative estimate of drug-likeness (QED) is 0.557. The molecular formula is C17H11Cl2F3N2O2S. The second-order valence-corrected chi connectivity index (χ2v) is 8.57. The van der Waals surface area contributed by atoms with E-state index in [0.717, 1.165) is 29.1 Å². The summed E-state index contributed by atoms with van der Waals surface area (Å²) < 4.78 is 64.8. The maximum absolute atomic E-state index is 14.2. The number of halogens is 5. The Hall–Kier alpha value is -2.03. The van der Waals surface area contributed by atoms with Gasteiger partial charge in [0.05, 0.1) is 11.4 Å². The van der Waals surface area contributed by atoms with Crippen molar-refractivity contribution in [1.82, 2.24) is 9.78 Å². The van der Waals surface area contributed by atoms with Crippen molar-refractivity contribution < 1.29 is 21.6 Å².